The molecule has 0 saturated heterocycles. The Balaban J connectivity index is 1.94. The van der Waals surface area contributed by atoms with Crippen molar-refractivity contribution < 1.29 is 22.7 Å². The monoisotopic (exact) mass is 281 g/mol. The third-order valence-electron chi connectivity index (χ3n) is 2.34. The molecule has 2 rings (SSSR count). The molecule has 20 heavy (non-hydrogen) atoms. The predicted molar refractivity (Wildman–Crippen MR) is 66.9 cm³/mol. The molecule has 0 bridgehead atoms. The van der Waals surface area contributed by atoms with Crippen LogP contribution in [0.25, 0.3) is 0 Å². The Morgan fingerprint density at radius 3 is 2.35 bits per heavy atom. The Hall–Kier alpha value is -2.50. The third kappa shape index (κ3) is 3.74. The smallest absolute Gasteiger partial charge is 0.262 e. The Morgan fingerprint density at radius 2 is 1.70 bits per heavy atom. The highest BCUT2D eigenvalue weighted by Gasteiger charge is 2.08. The Morgan fingerprint density at radius 1 is 1.05 bits per heavy atom. The van der Waals surface area contributed by atoms with E-state index < -0.39 is 30.0 Å². The van der Waals surface area contributed by atoms with E-state index in [0.717, 1.165) is 12.1 Å². The van der Waals surface area contributed by atoms with E-state index >= 15 is 0 Å². The van der Waals surface area contributed by atoms with Gasteiger partial charge in [-0.3, -0.25) is 4.79 Å². The maximum absolute atomic E-state index is 13.2. The van der Waals surface area contributed by atoms with Crippen LogP contribution in [-0.4, -0.2) is 12.5 Å². The number of anilines is 1. The lowest BCUT2D eigenvalue weighted by molar-refractivity contribution is -0.118. The molecule has 0 aliphatic carbocycles. The molecule has 0 aromatic heterocycles. The number of para-hydroxylation sites is 1. The molecule has 0 radical (unpaired) electrons. The van der Waals surface area contributed by atoms with Crippen molar-refractivity contribution in [1.29, 1.82) is 0 Å². The van der Waals surface area contributed by atoms with Crippen molar-refractivity contribution >= 4 is 11.6 Å². The highest BCUT2D eigenvalue weighted by Crippen LogP contribution is 2.16. The van der Waals surface area contributed by atoms with Crippen LogP contribution in [0.3, 0.4) is 0 Å². The minimum absolute atomic E-state index is 0.0374. The summed E-state index contributed by atoms with van der Waals surface area (Å²) in [6, 6.07) is 8.20. The van der Waals surface area contributed by atoms with E-state index in [1.165, 1.54) is 18.2 Å². The van der Waals surface area contributed by atoms with Gasteiger partial charge in [0.15, 0.2) is 18.2 Å². The first-order valence-electron chi connectivity index (χ1n) is 5.68. The van der Waals surface area contributed by atoms with Crippen LogP contribution in [-0.2, 0) is 4.79 Å². The minimum atomic E-state index is -0.810. The summed E-state index contributed by atoms with van der Waals surface area (Å²) < 4.78 is 44.0. The molecule has 0 aliphatic rings. The predicted octanol–water partition coefficient (Wildman–Crippen LogP) is 3.12. The van der Waals surface area contributed by atoms with Gasteiger partial charge in [-0.2, -0.15) is 0 Å². The van der Waals surface area contributed by atoms with Crippen LogP contribution in [0.2, 0.25) is 0 Å². The van der Waals surface area contributed by atoms with E-state index in [9.17, 15) is 18.0 Å². The topological polar surface area (TPSA) is 38.3 Å². The largest absolute Gasteiger partial charge is 0.481 e. The first-order chi connectivity index (χ1) is 9.54. The fourth-order valence-corrected chi connectivity index (χ4v) is 1.53. The van der Waals surface area contributed by atoms with Crippen LogP contribution in [0.4, 0.5) is 18.9 Å². The molecule has 6 heteroatoms. The number of carbonyl (C=O) groups is 1. The van der Waals surface area contributed by atoms with Gasteiger partial charge in [-0.25, -0.2) is 13.2 Å². The second kappa shape index (κ2) is 6.10. The molecule has 0 spiro atoms. The molecule has 104 valence electrons. The van der Waals surface area contributed by atoms with Crippen molar-refractivity contribution in [2.24, 2.45) is 0 Å². The number of ether oxygens (including phenoxy) is 1. The molecule has 0 saturated carbocycles. The Kier molecular flexibility index (Phi) is 4.24. The number of halogens is 3. The lowest BCUT2D eigenvalue weighted by Crippen LogP contribution is -2.20. The fourth-order valence-electron chi connectivity index (χ4n) is 1.53. The maximum atomic E-state index is 13.2. The number of carbonyl (C=O) groups excluding carboxylic acids is 1. The molecule has 3 nitrogen and oxygen atoms in total. The summed E-state index contributed by atoms with van der Waals surface area (Å²) in [6.07, 6.45) is 0. The highest BCUT2D eigenvalue weighted by molar-refractivity contribution is 5.91. The average molecular weight is 281 g/mol. The zero-order chi connectivity index (χ0) is 14.5. The summed E-state index contributed by atoms with van der Waals surface area (Å²) in [5.41, 5.74) is -0.0374. The summed E-state index contributed by atoms with van der Waals surface area (Å²) in [6.45, 7) is -0.473. The van der Waals surface area contributed by atoms with Crippen molar-refractivity contribution in [3.8, 4) is 5.75 Å². The first kappa shape index (κ1) is 13.9. The van der Waals surface area contributed by atoms with E-state index in [0.29, 0.717) is 6.07 Å². The van der Waals surface area contributed by atoms with Gasteiger partial charge >= 0.3 is 0 Å². The van der Waals surface area contributed by atoms with E-state index in [2.05, 4.69) is 5.32 Å². The SMILES string of the molecule is O=C(COc1ccccc1F)Nc1cc(F)cc(F)c1. The van der Waals surface area contributed by atoms with Crippen LogP contribution in [0, 0.1) is 17.5 Å². The van der Waals surface area contributed by atoms with Crippen molar-refractivity contribution in [1.82, 2.24) is 0 Å². The number of rotatable bonds is 4. The molecule has 2 aromatic carbocycles. The normalized spacial score (nSPS) is 10.2. The van der Waals surface area contributed by atoms with Gasteiger partial charge in [-0.15, -0.1) is 0 Å². The molecule has 0 fully saturated rings. The van der Waals surface area contributed by atoms with Crippen LogP contribution in [0.15, 0.2) is 42.5 Å². The quantitative estimate of drug-likeness (QED) is 0.935. The fraction of sp³-hybridized carbons (Fsp3) is 0.0714. The van der Waals surface area contributed by atoms with Crippen LogP contribution in [0.1, 0.15) is 0 Å². The number of hydrogen-bond acceptors (Lipinski definition) is 2. The maximum Gasteiger partial charge on any atom is 0.262 e. The van der Waals surface area contributed by atoms with E-state index in [1.54, 1.807) is 6.07 Å². The summed E-state index contributed by atoms with van der Waals surface area (Å²) in [4.78, 5) is 11.5. The summed E-state index contributed by atoms with van der Waals surface area (Å²) in [7, 11) is 0. The third-order valence-corrected chi connectivity index (χ3v) is 2.34. The molecule has 0 aliphatic heterocycles. The minimum Gasteiger partial charge on any atom is -0.481 e. The van der Waals surface area contributed by atoms with Crippen LogP contribution < -0.4 is 10.1 Å². The van der Waals surface area contributed by atoms with Crippen LogP contribution >= 0.6 is 0 Å². The van der Waals surface area contributed by atoms with Crippen LogP contribution in [0.5, 0.6) is 5.75 Å². The molecule has 2 aromatic rings. The van der Waals surface area contributed by atoms with Gasteiger partial charge in [0.05, 0.1) is 0 Å². The molecular formula is C14H10F3NO2. The molecular weight excluding hydrogens is 271 g/mol. The van der Waals surface area contributed by atoms with Gasteiger partial charge in [-0.05, 0) is 24.3 Å². The van der Waals surface area contributed by atoms with Crippen molar-refractivity contribution in [3.63, 3.8) is 0 Å². The van der Waals surface area contributed by atoms with Gasteiger partial charge < -0.3 is 10.1 Å². The number of benzene rings is 2. The van der Waals surface area contributed by atoms with Crippen molar-refractivity contribution in [3.05, 3.63) is 59.9 Å². The zero-order valence-corrected chi connectivity index (χ0v) is 10.2. The van der Waals surface area contributed by atoms with Gasteiger partial charge in [0.25, 0.3) is 5.91 Å². The van der Waals surface area contributed by atoms with Gasteiger partial charge in [0, 0.05) is 11.8 Å². The summed E-state index contributed by atoms with van der Waals surface area (Å²) >= 11 is 0. The highest BCUT2D eigenvalue weighted by atomic mass is 19.1. The second-order valence-corrected chi connectivity index (χ2v) is 3.93. The van der Waals surface area contributed by atoms with E-state index in [-0.39, 0.29) is 11.4 Å². The second-order valence-electron chi connectivity index (χ2n) is 3.93. The number of amides is 1. The summed E-state index contributed by atoms with van der Waals surface area (Å²) in [5, 5.41) is 2.25. The molecule has 1 amide bonds. The van der Waals surface area contributed by atoms with Gasteiger partial charge in [-0.1, -0.05) is 12.1 Å². The zero-order valence-electron chi connectivity index (χ0n) is 10.2. The lowest BCUT2D eigenvalue weighted by atomic mass is 10.3. The lowest BCUT2D eigenvalue weighted by Gasteiger charge is -2.08. The van der Waals surface area contributed by atoms with Gasteiger partial charge in [0.1, 0.15) is 11.6 Å². The standard InChI is InChI=1S/C14H10F3NO2/c15-9-5-10(16)7-11(6-9)18-14(19)8-20-13-4-2-1-3-12(13)17/h1-7H,8H2,(H,18,19). The van der Waals surface area contributed by atoms with Crippen molar-refractivity contribution in [2.75, 3.05) is 11.9 Å². The average Bonchev–Trinajstić information content (AvgIpc) is 2.36. The molecule has 0 atom stereocenters. The van der Waals surface area contributed by atoms with Crippen molar-refractivity contribution in [2.45, 2.75) is 0 Å². The Bertz CT molecular complexity index is 611. The van der Waals surface area contributed by atoms with Gasteiger partial charge in [0.2, 0.25) is 0 Å². The Labute approximate surface area is 113 Å². The molecule has 0 heterocycles. The van der Waals surface area contributed by atoms with E-state index in [4.69, 9.17) is 4.74 Å². The summed E-state index contributed by atoms with van der Waals surface area (Å²) in [5.74, 6) is -2.95. The molecule has 1 N–H and O–H groups in total. The number of nitrogens with one attached hydrogen (secondary N) is 1. The first-order valence-corrected chi connectivity index (χ1v) is 5.68. The molecule has 0 unspecified atom stereocenters. The van der Waals surface area contributed by atoms with E-state index in [1.807, 2.05) is 0 Å². The number of hydrogen-bond donors (Lipinski definition) is 1.